The van der Waals surface area contributed by atoms with Gasteiger partial charge in [-0.25, -0.2) is 0 Å². The first-order chi connectivity index (χ1) is 20.7. The van der Waals surface area contributed by atoms with Crippen LogP contribution < -0.4 is 5.32 Å². The molecule has 2 saturated heterocycles. The number of ether oxygens (including phenoxy) is 4. The van der Waals surface area contributed by atoms with Gasteiger partial charge in [0.25, 0.3) is 0 Å². The summed E-state index contributed by atoms with van der Waals surface area (Å²) in [6.07, 6.45) is -24.9. The Labute approximate surface area is 250 Å². The first kappa shape index (κ1) is 37.2. The third-order valence-corrected chi connectivity index (χ3v) is 7.94. The Balaban J connectivity index is 1.71. The minimum atomic E-state index is -2.05. The number of hydrogen-bond donors (Lipinski definition) is 14. The van der Waals surface area contributed by atoms with Gasteiger partial charge in [-0.15, -0.1) is 0 Å². The number of aliphatic hydroxyl groups excluding tert-OH is 13. The third kappa shape index (κ3) is 7.79. The lowest BCUT2D eigenvalue weighted by Gasteiger charge is -2.48. The molecule has 0 bridgehead atoms. The number of Topliss-reactive ketones (excluding diaryl/α,β-unsaturated/α-hetero) is 1. The van der Waals surface area contributed by atoms with Gasteiger partial charge in [0, 0.05) is 0 Å². The molecule has 19 heteroatoms. The zero-order valence-corrected chi connectivity index (χ0v) is 23.6. The van der Waals surface area contributed by atoms with Crippen LogP contribution in [0.4, 0.5) is 0 Å². The van der Waals surface area contributed by atoms with E-state index in [-0.39, 0.29) is 5.57 Å². The molecule has 17 atom stereocenters. The topological polar surface area (TPSA) is 329 Å². The minimum Gasteiger partial charge on any atom is -0.394 e. The van der Waals surface area contributed by atoms with Crippen LogP contribution in [0.25, 0.3) is 0 Å². The first-order valence-corrected chi connectivity index (χ1v) is 13.9. The van der Waals surface area contributed by atoms with Gasteiger partial charge in [0.2, 0.25) is 0 Å². The van der Waals surface area contributed by atoms with E-state index in [1.807, 2.05) is 0 Å². The lowest BCUT2D eigenvalue weighted by Crippen LogP contribution is -2.68. The average Bonchev–Trinajstić information content (AvgIpc) is 3.02. The number of nitrogens with one attached hydrogen (secondary N) is 1. The Morgan fingerprint density at radius 2 is 1.50 bits per heavy atom. The van der Waals surface area contributed by atoms with Gasteiger partial charge < -0.3 is 90.6 Å². The van der Waals surface area contributed by atoms with Crippen LogP contribution in [0.15, 0.2) is 11.6 Å². The van der Waals surface area contributed by atoms with Crippen molar-refractivity contribution in [2.75, 3.05) is 26.4 Å². The Kier molecular flexibility index (Phi) is 13.5. The lowest BCUT2D eigenvalue weighted by atomic mass is 9.86. The molecule has 0 aromatic carbocycles. The summed E-state index contributed by atoms with van der Waals surface area (Å²) in [4.78, 5) is 12.3. The molecule has 2 fully saturated rings. The Bertz CT molecular complexity index is 956. The molecule has 256 valence electrons. The van der Waals surface area contributed by atoms with Crippen molar-refractivity contribution in [3.05, 3.63) is 11.6 Å². The molecule has 0 aromatic rings. The van der Waals surface area contributed by atoms with Crippen LogP contribution in [0.2, 0.25) is 0 Å². The predicted octanol–water partition coefficient (Wildman–Crippen LogP) is -8.72. The van der Waals surface area contributed by atoms with E-state index in [4.69, 9.17) is 24.1 Å². The molecule has 19 nitrogen and oxygen atoms in total. The maximum atomic E-state index is 12.3. The van der Waals surface area contributed by atoms with Crippen LogP contribution in [0.5, 0.6) is 0 Å². The van der Waals surface area contributed by atoms with Gasteiger partial charge in [-0.1, -0.05) is 6.08 Å². The first-order valence-electron chi connectivity index (χ1n) is 13.9. The van der Waals surface area contributed by atoms with E-state index in [1.165, 1.54) is 13.0 Å². The van der Waals surface area contributed by atoms with Crippen molar-refractivity contribution in [1.82, 2.24) is 5.32 Å². The highest BCUT2D eigenvalue weighted by molar-refractivity contribution is 5.87. The maximum Gasteiger partial charge on any atom is 0.195 e. The van der Waals surface area contributed by atoms with Crippen molar-refractivity contribution >= 4 is 5.78 Å². The number of carbonyl (C=O) groups excluding carboxylic acids is 1. The summed E-state index contributed by atoms with van der Waals surface area (Å²) >= 11 is 0. The van der Waals surface area contributed by atoms with E-state index in [0.717, 1.165) is 0 Å². The highest BCUT2D eigenvalue weighted by atomic mass is 16.7. The minimum absolute atomic E-state index is 0.00855. The largest absolute Gasteiger partial charge is 0.394 e. The second-order valence-corrected chi connectivity index (χ2v) is 10.9. The summed E-state index contributed by atoms with van der Waals surface area (Å²) in [5, 5.41) is 134. The Hall–Kier alpha value is -1.31. The highest BCUT2D eigenvalue weighted by Gasteiger charge is 2.52. The second kappa shape index (κ2) is 16.0. The third-order valence-electron chi connectivity index (χ3n) is 7.94. The molecule has 3 rings (SSSR count). The summed E-state index contributed by atoms with van der Waals surface area (Å²) in [5.41, 5.74) is 0.00855. The van der Waals surface area contributed by atoms with Crippen LogP contribution >= 0.6 is 0 Å². The van der Waals surface area contributed by atoms with E-state index >= 15 is 0 Å². The number of ketones is 1. The SMILES string of the molecule is C[C@H]1OC(OC2C(CO)O[C@H](OC(C(=O)C(O)CO)[C@H](O)CO)[C@H](O)C2O)C(O)[C@@H](O)C1NC1C=C(CO)C(O)[C@@H](O)[C@H]1O. The molecular weight excluding hydrogens is 602 g/mol. The monoisotopic (exact) mass is 645 g/mol. The van der Waals surface area contributed by atoms with Crippen LogP contribution in [-0.2, 0) is 23.7 Å². The fourth-order valence-electron chi connectivity index (χ4n) is 5.29. The van der Waals surface area contributed by atoms with Crippen LogP contribution in [0, 0.1) is 0 Å². The maximum absolute atomic E-state index is 12.3. The average molecular weight is 646 g/mol. The van der Waals surface area contributed by atoms with Crippen molar-refractivity contribution in [1.29, 1.82) is 0 Å². The van der Waals surface area contributed by atoms with Gasteiger partial charge in [0.05, 0.1) is 44.6 Å². The molecule has 0 radical (unpaired) electrons. The molecule has 1 aliphatic carbocycles. The summed E-state index contributed by atoms with van der Waals surface area (Å²) in [5.74, 6) is -1.28. The number of hydrogen-bond acceptors (Lipinski definition) is 19. The van der Waals surface area contributed by atoms with Crippen LogP contribution in [0.1, 0.15) is 6.92 Å². The smallest absolute Gasteiger partial charge is 0.195 e. The summed E-state index contributed by atoms with van der Waals surface area (Å²) in [6.45, 7) is -2.17. The van der Waals surface area contributed by atoms with Gasteiger partial charge in [-0.2, -0.15) is 0 Å². The Morgan fingerprint density at radius 1 is 0.864 bits per heavy atom. The number of aliphatic hydroxyl groups is 13. The van der Waals surface area contributed by atoms with Gasteiger partial charge >= 0.3 is 0 Å². The zero-order chi connectivity index (χ0) is 33.0. The van der Waals surface area contributed by atoms with Crippen molar-refractivity contribution < 1.29 is 90.1 Å². The van der Waals surface area contributed by atoms with E-state index < -0.39 is 136 Å². The van der Waals surface area contributed by atoms with Gasteiger partial charge in [0.15, 0.2) is 18.4 Å². The number of carbonyl (C=O) groups is 1. The van der Waals surface area contributed by atoms with E-state index in [1.54, 1.807) is 0 Å². The van der Waals surface area contributed by atoms with Crippen LogP contribution in [-0.4, -0.2) is 203 Å². The molecule has 14 N–H and O–H groups in total. The van der Waals surface area contributed by atoms with E-state index in [2.05, 4.69) is 5.32 Å². The predicted molar refractivity (Wildman–Crippen MR) is 139 cm³/mol. The lowest BCUT2D eigenvalue weighted by molar-refractivity contribution is -0.356. The fourth-order valence-corrected chi connectivity index (χ4v) is 5.29. The summed E-state index contributed by atoms with van der Waals surface area (Å²) in [6, 6.07) is -2.21. The van der Waals surface area contributed by atoms with E-state index in [0.29, 0.717) is 0 Å². The zero-order valence-electron chi connectivity index (χ0n) is 23.6. The molecule has 2 aliphatic heterocycles. The quantitative estimate of drug-likeness (QED) is 0.0826. The highest BCUT2D eigenvalue weighted by Crippen LogP contribution is 2.31. The van der Waals surface area contributed by atoms with Crippen molar-refractivity contribution in [3.8, 4) is 0 Å². The van der Waals surface area contributed by atoms with Crippen molar-refractivity contribution in [3.63, 3.8) is 0 Å². The van der Waals surface area contributed by atoms with E-state index in [9.17, 15) is 66.1 Å². The molecule has 10 unspecified atom stereocenters. The Morgan fingerprint density at radius 3 is 2.07 bits per heavy atom. The molecule has 2 heterocycles. The van der Waals surface area contributed by atoms with Crippen molar-refractivity contribution in [2.45, 2.75) is 111 Å². The molecule has 44 heavy (non-hydrogen) atoms. The molecule has 0 amide bonds. The molecule has 3 aliphatic rings. The van der Waals surface area contributed by atoms with Crippen LogP contribution in [0.3, 0.4) is 0 Å². The molecule has 0 saturated carbocycles. The normalized spacial score (nSPS) is 43.6. The molecular formula is C25H43NO18. The second-order valence-electron chi connectivity index (χ2n) is 10.9. The summed E-state index contributed by atoms with van der Waals surface area (Å²) < 4.78 is 21.9. The molecule has 0 aromatic heterocycles. The van der Waals surface area contributed by atoms with Gasteiger partial charge in [-0.3, -0.25) is 4.79 Å². The summed E-state index contributed by atoms with van der Waals surface area (Å²) in [7, 11) is 0. The van der Waals surface area contributed by atoms with Gasteiger partial charge in [-0.05, 0) is 12.5 Å². The molecule has 0 spiro atoms. The van der Waals surface area contributed by atoms with Gasteiger partial charge in [0.1, 0.15) is 73.2 Å². The number of rotatable bonds is 13. The standard InChI is InChI=1S/C25H43NO18/c1-7-13(26-9-2-8(3-27)14(33)18(37)15(9)34)17(36)20(39)24(41-7)44-23-12(6-30)42-25(21(40)19(23)38)43-22(11(32)5-29)16(35)10(31)4-28/h2,7,9-15,17-34,36-40H,3-6H2,1H3/t7-,9?,10?,11-,12?,13?,14?,15+,17+,18-,19?,20?,21-,22?,23?,24?,25-/m1/s1. The fraction of sp³-hybridized carbons (Fsp3) is 0.880. The van der Waals surface area contributed by atoms with Crippen molar-refractivity contribution in [2.24, 2.45) is 0 Å².